The quantitative estimate of drug-likeness (QED) is 0.278. The van der Waals surface area contributed by atoms with Gasteiger partial charge in [-0.3, -0.25) is 9.20 Å². The van der Waals surface area contributed by atoms with Crippen LogP contribution in [-0.4, -0.2) is 14.2 Å². The Labute approximate surface area is 214 Å². The minimum atomic E-state index is -0.499. The van der Waals surface area contributed by atoms with Crippen molar-refractivity contribution in [2.45, 2.75) is 0 Å². The number of pyridine rings is 1. The van der Waals surface area contributed by atoms with Crippen LogP contribution in [0, 0.1) is 22.7 Å². The summed E-state index contributed by atoms with van der Waals surface area (Å²) in [7, 11) is 0. The molecule has 0 saturated heterocycles. The first-order valence-electron chi connectivity index (χ1n) is 10.9. The molecule has 0 atom stereocenters. The fraction of sp³-hybridized carbons (Fsp3) is 0. The van der Waals surface area contributed by atoms with Crippen LogP contribution in [0.3, 0.4) is 0 Å². The average molecular weight is 504 g/mol. The van der Waals surface area contributed by atoms with Gasteiger partial charge in [0.15, 0.2) is 0 Å². The van der Waals surface area contributed by atoms with Crippen molar-refractivity contribution in [3.05, 3.63) is 112 Å². The number of aromatic nitrogens is 3. The van der Waals surface area contributed by atoms with E-state index in [4.69, 9.17) is 16.7 Å². The van der Waals surface area contributed by atoms with Crippen LogP contribution in [-0.2, 0) is 0 Å². The zero-order valence-corrected chi connectivity index (χ0v) is 20.1. The number of rotatable bonds is 3. The summed E-state index contributed by atoms with van der Waals surface area (Å²) in [6.45, 7) is 0. The molecule has 6 aromatic rings. The van der Waals surface area contributed by atoms with Gasteiger partial charge in [0.1, 0.15) is 33.4 Å². The highest BCUT2D eigenvalue weighted by atomic mass is 35.5. The number of benzene rings is 3. The van der Waals surface area contributed by atoms with Crippen molar-refractivity contribution in [3.63, 3.8) is 0 Å². The summed E-state index contributed by atoms with van der Waals surface area (Å²) in [5, 5.41) is 25.5. The van der Waals surface area contributed by atoms with E-state index in [1.807, 2.05) is 78.9 Å². The molecule has 0 bridgehead atoms. The zero-order chi connectivity index (χ0) is 24.8. The highest BCUT2D eigenvalue weighted by molar-refractivity contribution is 7.24. The van der Waals surface area contributed by atoms with Gasteiger partial charge in [-0.15, -0.1) is 11.3 Å². The molecule has 0 N–H and O–H groups in total. The van der Waals surface area contributed by atoms with E-state index in [-0.39, 0.29) is 21.8 Å². The summed E-state index contributed by atoms with van der Waals surface area (Å²) < 4.78 is 3.84. The third kappa shape index (κ3) is 3.15. The second-order valence-electron chi connectivity index (χ2n) is 7.99. The lowest BCUT2D eigenvalue weighted by Gasteiger charge is -2.10. The molecule has 0 aliphatic rings. The molecule has 8 heteroatoms. The molecular weight excluding hydrogens is 490 g/mol. The summed E-state index contributed by atoms with van der Waals surface area (Å²) in [6.07, 6.45) is 0. The van der Waals surface area contributed by atoms with Gasteiger partial charge in [-0.1, -0.05) is 72.3 Å². The van der Waals surface area contributed by atoms with E-state index in [1.54, 1.807) is 10.7 Å². The minimum absolute atomic E-state index is 0.153. The van der Waals surface area contributed by atoms with Gasteiger partial charge in [-0.25, -0.2) is 4.68 Å². The van der Waals surface area contributed by atoms with Crippen molar-refractivity contribution < 1.29 is 0 Å². The Kier molecular flexibility index (Phi) is 5.16. The Balaban J connectivity index is 1.81. The molecule has 3 heterocycles. The molecule has 0 fully saturated rings. The van der Waals surface area contributed by atoms with Gasteiger partial charge in [0.25, 0.3) is 5.56 Å². The first-order chi connectivity index (χ1) is 17.6. The molecule has 0 amide bonds. The van der Waals surface area contributed by atoms with Gasteiger partial charge in [-0.2, -0.15) is 15.6 Å². The Morgan fingerprint density at radius 2 is 1.44 bits per heavy atom. The number of para-hydroxylation sites is 2. The molecule has 0 aliphatic carbocycles. The van der Waals surface area contributed by atoms with Gasteiger partial charge in [0, 0.05) is 11.1 Å². The lowest BCUT2D eigenvalue weighted by molar-refractivity contribution is 0.885. The van der Waals surface area contributed by atoms with E-state index < -0.39 is 5.56 Å². The SMILES string of the molecule is N#Cc1c(-c2c(-c3ccccc3)nn(-c3ccccc3)c2Cl)c(C#N)c2sc3ccccc3n2c1=O. The van der Waals surface area contributed by atoms with Crippen molar-refractivity contribution in [3.8, 4) is 40.2 Å². The van der Waals surface area contributed by atoms with E-state index >= 15 is 0 Å². The Morgan fingerprint density at radius 3 is 2.14 bits per heavy atom. The molecule has 0 spiro atoms. The van der Waals surface area contributed by atoms with Gasteiger partial charge in [-0.05, 0) is 24.3 Å². The second-order valence-corrected chi connectivity index (χ2v) is 9.38. The maximum absolute atomic E-state index is 13.7. The number of nitriles is 2. The molecule has 3 aromatic carbocycles. The molecule has 6 nitrogen and oxygen atoms in total. The Hall–Kier alpha value is -4.69. The van der Waals surface area contributed by atoms with Crippen LogP contribution >= 0.6 is 22.9 Å². The lowest BCUT2D eigenvalue weighted by atomic mass is 9.95. The van der Waals surface area contributed by atoms with Crippen LogP contribution in [0.2, 0.25) is 5.15 Å². The van der Waals surface area contributed by atoms with Crippen LogP contribution < -0.4 is 5.56 Å². The average Bonchev–Trinajstić information content (AvgIpc) is 3.48. The molecule has 0 aliphatic heterocycles. The third-order valence-electron chi connectivity index (χ3n) is 6.00. The fourth-order valence-corrected chi connectivity index (χ4v) is 5.88. The summed E-state index contributed by atoms with van der Waals surface area (Å²) in [4.78, 5) is 14.2. The fourth-order valence-electron chi connectivity index (χ4n) is 4.42. The second kappa shape index (κ2) is 8.51. The molecule has 0 unspecified atom stereocenters. The summed E-state index contributed by atoms with van der Waals surface area (Å²) in [6, 6.07) is 30.4. The van der Waals surface area contributed by atoms with E-state index in [1.165, 1.54) is 15.7 Å². The third-order valence-corrected chi connectivity index (χ3v) is 7.49. The summed E-state index contributed by atoms with van der Waals surface area (Å²) in [5.41, 5.74) is 2.70. The van der Waals surface area contributed by atoms with E-state index in [0.717, 1.165) is 10.3 Å². The van der Waals surface area contributed by atoms with Crippen LogP contribution in [0.25, 0.3) is 43.1 Å². The van der Waals surface area contributed by atoms with Crippen LogP contribution in [0.15, 0.2) is 89.7 Å². The Morgan fingerprint density at radius 1 is 0.806 bits per heavy atom. The molecule has 6 rings (SSSR count). The standard InChI is InChI=1S/C28H14ClN5OS/c29-26-24(25(17-9-3-1-4-10-17)32-34(26)18-11-5-2-6-12-18)23-19(15-30)27(35)33-21-13-7-8-14-22(21)36-28(33)20(23)16-31/h1-14H. The molecule has 3 aromatic heterocycles. The monoisotopic (exact) mass is 503 g/mol. The normalized spacial score (nSPS) is 11.0. The summed E-state index contributed by atoms with van der Waals surface area (Å²) >= 11 is 8.29. The number of halogens is 1. The predicted octanol–water partition coefficient (Wildman–Crippen LogP) is 6.43. The maximum Gasteiger partial charge on any atom is 0.274 e. The van der Waals surface area contributed by atoms with Crippen LogP contribution in [0.4, 0.5) is 0 Å². The van der Waals surface area contributed by atoms with Gasteiger partial charge >= 0.3 is 0 Å². The number of thiazole rings is 1. The van der Waals surface area contributed by atoms with Crippen molar-refractivity contribution in [2.24, 2.45) is 0 Å². The van der Waals surface area contributed by atoms with Crippen molar-refractivity contribution in [2.75, 3.05) is 0 Å². The van der Waals surface area contributed by atoms with E-state index in [0.29, 0.717) is 27.3 Å². The first-order valence-corrected chi connectivity index (χ1v) is 12.1. The van der Waals surface area contributed by atoms with Crippen molar-refractivity contribution >= 4 is 38.0 Å². The molecule has 0 saturated carbocycles. The minimum Gasteiger partial charge on any atom is -0.267 e. The number of fused-ring (bicyclic) bond motifs is 3. The van der Waals surface area contributed by atoms with Crippen molar-refractivity contribution in [1.82, 2.24) is 14.2 Å². The number of hydrogen-bond acceptors (Lipinski definition) is 5. The number of nitrogens with zero attached hydrogens (tertiary/aromatic N) is 5. The largest absolute Gasteiger partial charge is 0.274 e. The van der Waals surface area contributed by atoms with Gasteiger partial charge in [0.05, 0.1) is 27.0 Å². The summed E-state index contributed by atoms with van der Waals surface area (Å²) in [5.74, 6) is 0. The molecule has 36 heavy (non-hydrogen) atoms. The lowest BCUT2D eigenvalue weighted by Crippen LogP contribution is -2.18. The molecular formula is C28H14ClN5OS. The highest BCUT2D eigenvalue weighted by Crippen LogP contribution is 2.43. The van der Waals surface area contributed by atoms with E-state index in [9.17, 15) is 15.3 Å². The van der Waals surface area contributed by atoms with Gasteiger partial charge < -0.3 is 0 Å². The highest BCUT2D eigenvalue weighted by Gasteiger charge is 2.29. The predicted molar refractivity (Wildman–Crippen MR) is 141 cm³/mol. The van der Waals surface area contributed by atoms with E-state index in [2.05, 4.69) is 12.1 Å². The van der Waals surface area contributed by atoms with Crippen LogP contribution in [0.1, 0.15) is 11.1 Å². The van der Waals surface area contributed by atoms with Crippen LogP contribution in [0.5, 0.6) is 0 Å². The smallest absolute Gasteiger partial charge is 0.267 e. The molecule has 0 radical (unpaired) electrons. The topological polar surface area (TPSA) is 86.9 Å². The Bertz CT molecular complexity index is 1940. The molecule has 170 valence electrons. The zero-order valence-electron chi connectivity index (χ0n) is 18.5. The number of hydrogen-bond donors (Lipinski definition) is 0. The maximum atomic E-state index is 13.7. The van der Waals surface area contributed by atoms with Crippen molar-refractivity contribution in [1.29, 1.82) is 10.5 Å². The van der Waals surface area contributed by atoms with Gasteiger partial charge in [0.2, 0.25) is 0 Å². The first kappa shape index (κ1) is 21.8.